The van der Waals surface area contributed by atoms with E-state index in [1.54, 1.807) is 6.07 Å². The molecule has 0 fully saturated rings. The van der Waals surface area contributed by atoms with Gasteiger partial charge in [0.15, 0.2) is 5.84 Å². The molecule has 1 rings (SSSR count). The van der Waals surface area contributed by atoms with E-state index in [0.717, 1.165) is 12.8 Å². The van der Waals surface area contributed by atoms with Crippen molar-refractivity contribution in [3.63, 3.8) is 0 Å². The van der Waals surface area contributed by atoms with Crippen LogP contribution in [-0.2, 0) is 0 Å². The summed E-state index contributed by atoms with van der Waals surface area (Å²) in [7, 11) is 0. The van der Waals surface area contributed by atoms with Gasteiger partial charge >= 0.3 is 6.01 Å². The zero-order valence-electron chi connectivity index (χ0n) is 10.1. The van der Waals surface area contributed by atoms with Crippen LogP contribution in [-0.4, -0.2) is 27.6 Å². The van der Waals surface area contributed by atoms with Gasteiger partial charge in [0.25, 0.3) is 0 Å². The topological polar surface area (TPSA) is 93.6 Å². The molecule has 0 saturated heterocycles. The lowest BCUT2D eigenvalue weighted by Crippen LogP contribution is -2.16. The molecule has 94 valence electrons. The predicted molar refractivity (Wildman–Crippen MR) is 64.1 cm³/mol. The van der Waals surface area contributed by atoms with E-state index in [0.29, 0.717) is 18.2 Å². The standard InChI is InChI=1S/C11H18N4O2/c1-8(2)4-3-7-17-11-13-6-5-9(14-11)10(12)15-16/h5-6,8,16H,3-4,7H2,1-2H3,(H2,12,15). The molecule has 0 aliphatic rings. The van der Waals surface area contributed by atoms with E-state index < -0.39 is 0 Å². The Morgan fingerprint density at radius 3 is 3.00 bits per heavy atom. The second-order valence-electron chi connectivity index (χ2n) is 4.09. The Hall–Kier alpha value is -1.85. The first-order valence-corrected chi connectivity index (χ1v) is 5.57. The van der Waals surface area contributed by atoms with Crippen LogP contribution in [0.3, 0.4) is 0 Å². The van der Waals surface area contributed by atoms with Crippen LogP contribution in [0.5, 0.6) is 6.01 Å². The summed E-state index contributed by atoms with van der Waals surface area (Å²) in [5.41, 5.74) is 5.76. The Bertz CT molecular complexity index is 379. The monoisotopic (exact) mass is 238 g/mol. The largest absolute Gasteiger partial charge is 0.463 e. The molecular weight excluding hydrogens is 220 g/mol. The molecule has 3 N–H and O–H groups in total. The second-order valence-corrected chi connectivity index (χ2v) is 4.09. The molecule has 17 heavy (non-hydrogen) atoms. The van der Waals surface area contributed by atoms with Crippen LogP contribution in [0.4, 0.5) is 0 Å². The molecule has 0 atom stereocenters. The van der Waals surface area contributed by atoms with Crippen LogP contribution in [0, 0.1) is 5.92 Å². The van der Waals surface area contributed by atoms with Gasteiger partial charge in [-0.05, 0) is 24.8 Å². The number of oxime groups is 1. The van der Waals surface area contributed by atoms with Crippen LogP contribution >= 0.6 is 0 Å². The SMILES string of the molecule is CC(C)CCCOc1nccc(/C(N)=N/O)n1. The van der Waals surface area contributed by atoms with E-state index in [-0.39, 0.29) is 11.8 Å². The van der Waals surface area contributed by atoms with Gasteiger partial charge in [-0.2, -0.15) is 4.98 Å². The number of ether oxygens (including phenoxy) is 1. The summed E-state index contributed by atoms with van der Waals surface area (Å²) in [6, 6.07) is 1.80. The first kappa shape index (κ1) is 13.2. The first-order chi connectivity index (χ1) is 8.13. The summed E-state index contributed by atoms with van der Waals surface area (Å²) in [6.07, 6.45) is 3.56. The molecule has 6 heteroatoms. The molecule has 0 bridgehead atoms. The van der Waals surface area contributed by atoms with Crippen LogP contribution < -0.4 is 10.5 Å². The zero-order valence-corrected chi connectivity index (χ0v) is 10.1. The van der Waals surface area contributed by atoms with Crippen molar-refractivity contribution in [3.8, 4) is 6.01 Å². The van der Waals surface area contributed by atoms with Crippen LogP contribution in [0.25, 0.3) is 0 Å². The number of nitrogens with zero attached hydrogens (tertiary/aromatic N) is 3. The third-order valence-electron chi connectivity index (χ3n) is 2.16. The summed E-state index contributed by atoms with van der Waals surface area (Å²) < 4.78 is 5.38. The Balaban J connectivity index is 2.49. The van der Waals surface area contributed by atoms with Gasteiger partial charge in [0.2, 0.25) is 0 Å². The maximum Gasteiger partial charge on any atom is 0.317 e. The lowest BCUT2D eigenvalue weighted by atomic mass is 10.1. The Kier molecular flexibility index (Phi) is 5.19. The molecule has 0 aromatic carbocycles. The van der Waals surface area contributed by atoms with E-state index >= 15 is 0 Å². The quantitative estimate of drug-likeness (QED) is 0.257. The average Bonchev–Trinajstić information content (AvgIpc) is 2.34. The third kappa shape index (κ3) is 4.67. The summed E-state index contributed by atoms with van der Waals surface area (Å²) in [5, 5.41) is 11.4. The second kappa shape index (κ2) is 6.67. The van der Waals surface area contributed by atoms with E-state index in [4.69, 9.17) is 15.7 Å². The molecule has 0 saturated carbocycles. The van der Waals surface area contributed by atoms with Crippen molar-refractivity contribution in [1.29, 1.82) is 0 Å². The molecule has 1 aromatic heterocycles. The fourth-order valence-corrected chi connectivity index (χ4v) is 1.26. The predicted octanol–water partition coefficient (Wildman–Crippen LogP) is 1.39. The van der Waals surface area contributed by atoms with Crippen molar-refractivity contribution in [1.82, 2.24) is 9.97 Å². The van der Waals surface area contributed by atoms with Crippen LogP contribution in [0.1, 0.15) is 32.4 Å². The number of amidine groups is 1. The minimum absolute atomic E-state index is 0.0561. The van der Waals surface area contributed by atoms with Gasteiger partial charge in [-0.3, -0.25) is 0 Å². The highest BCUT2D eigenvalue weighted by molar-refractivity contribution is 5.95. The molecule has 0 aliphatic heterocycles. The molecule has 0 spiro atoms. The Morgan fingerprint density at radius 1 is 1.59 bits per heavy atom. The third-order valence-corrected chi connectivity index (χ3v) is 2.16. The number of rotatable bonds is 6. The number of aromatic nitrogens is 2. The highest BCUT2D eigenvalue weighted by Gasteiger charge is 2.04. The molecule has 1 aromatic rings. The normalized spacial score (nSPS) is 11.8. The summed E-state index contributed by atoms with van der Waals surface area (Å²) in [5.74, 6) is 0.599. The summed E-state index contributed by atoms with van der Waals surface area (Å²) >= 11 is 0. The summed E-state index contributed by atoms with van der Waals surface area (Å²) in [4.78, 5) is 7.96. The Morgan fingerprint density at radius 2 is 2.35 bits per heavy atom. The minimum atomic E-state index is -0.0561. The molecule has 0 amide bonds. The van der Waals surface area contributed by atoms with Crippen molar-refractivity contribution in [2.45, 2.75) is 26.7 Å². The fourth-order valence-electron chi connectivity index (χ4n) is 1.26. The number of nitrogens with two attached hydrogens (primary N) is 1. The van der Waals surface area contributed by atoms with Crippen LogP contribution in [0.15, 0.2) is 17.4 Å². The van der Waals surface area contributed by atoms with Gasteiger partial charge in [-0.1, -0.05) is 19.0 Å². The highest BCUT2D eigenvalue weighted by Crippen LogP contribution is 2.06. The molecule has 0 unspecified atom stereocenters. The molecule has 0 aliphatic carbocycles. The summed E-state index contributed by atoms with van der Waals surface area (Å²) in [6.45, 7) is 4.89. The number of hydrogen-bond acceptors (Lipinski definition) is 5. The highest BCUT2D eigenvalue weighted by atomic mass is 16.5. The molecule has 6 nitrogen and oxygen atoms in total. The first-order valence-electron chi connectivity index (χ1n) is 5.57. The van der Waals surface area contributed by atoms with Crippen molar-refractivity contribution < 1.29 is 9.94 Å². The molecular formula is C11H18N4O2. The van der Waals surface area contributed by atoms with Crippen molar-refractivity contribution in [2.75, 3.05) is 6.61 Å². The van der Waals surface area contributed by atoms with Crippen LogP contribution in [0.2, 0.25) is 0 Å². The lowest BCUT2D eigenvalue weighted by molar-refractivity contribution is 0.275. The van der Waals surface area contributed by atoms with Gasteiger partial charge in [0.05, 0.1) is 6.61 Å². The lowest BCUT2D eigenvalue weighted by Gasteiger charge is -2.06. The van der Waals surface area contributed by atoms with Gasteiger partial charge in [0.1, 0.15) is 5.69 Å². The van der Waals surface area contributed by atoms with E-state index in [9.17, 15) is 0 Å². The van der Waals surface area contributed by atoms with E-state index in [1.165, 1.54) is 6.20 Å². The zero-order chi connectivity index (χ0) is 12.7. The Labute approximate surface area is 101 Å². The fraction of sp³-hybridized carbons (Fsp3) is 0.545. The minimum Gasteiger partial charge on any atom is -0.463 e. The molecule has 0 radical (unpaired) electrons. The maximum absolute atomic E-state index is 8.52. The van der Waals surface area contributed by atoms with E-state index in [2.05, 4.69) is 29.0 Å². The van der Waals surface area contributed by atoms with Gasteiger partial charge in [-0.25, -0.2) is 4.98 Å². The van der Waals surface area contributed by atoms with Crippen molar-refractivity contribution >= 4 is 5.84 Å². The number of hydrogen-bond donors (Lipinski definition) is 2. The van der Waals surface area contributed by atoms with Gasteiger partial charge in [0, 0.05) is 6.20 Å². The maximum atomic E-state index is 8.52. The van der Waals surface area contributed by atoms with Gasteiger partial charge < -0.3 is 15.7 Å². The van der Waals surface area contributed by atoms with Crippen molar-refractivity contribution in [2.24, 2.45) is 16.8 Å². The van der Waals surface area contributed by atoms with Gasteiger partial charge in [-0.15, -0.1) is 0 Å². The van der Waals surface area contributed by atoms with E-state index in [1.807, 2.05) is 0 Å². The smallest absolute Gasteiger partial charge is 0.317 e. The average molecular weight is 238 g/mol. The molecule has 1 heterocycles. The van der Waals surface area contributed by atoms with Crippen molar-refractivity contribution in [3.05, 3.63) is 18.0 Å².